The highest BCUT2D eigenvalue weighted by Crippen LogP contribution is 2.34. The molecule has 0 heterocycles. The van der Waals surface area contributed by atoms with Gasteiger partial charge in [0.2, 0.25) is 0 Å². The zero-order chi connectivity index (χ0) is 14.8. The monoisotopic (exact) mass is 297 g/mol. The van der Waals surface area contributed by atoms with E-state index in [1.54, 1.807) is 0 Å². The third-order valence-electron chi connectivity index (χ3n) is 2.34. The lowest BCUT2D eigenvalue weighted by Gasteiger charge is -2.22. The minimum atomic E-state index is -4.60. The van der Waals surface area contributed by atoms with Crippen LogP contribution in [0.1, 0.15) is 25.0 Å². The van der Waals surface area contributed by atoms with Gasteiger partial charge in [0.25, 0.3) is 0 Å². The Morgan fingerprint density at radius 1 is 1.26 bits per heavy atom. The fraction of sp³-hybridized carbons (Fsp3) is 0.500. The SMILES string of the molecule is Cc1ccc(S(=O)NC(C)(C)CF)c(C(F)(F)F)c1. The summed E-state index contributed by atoms with van der Waals surface area (Å²) in [6.07, 6.45) is -4.60. The van der Waals surface area contributed by atoms with Crippen LogP contribution in [0.15, 0.2) is 23.1 Å². The molecule has 1 rings (SSSR count). The lowest BCUT2D eigenvalue weighted by molar-refractivity contribution is -0.139. The highest BCUT2D eigenvalue weighted by atomic mass is 32.2. The van der Waals surface area contributed by atoms with Crippen LogP contribution in [0.3, 0.4) is 0 Å². The van der Waals surface area contributed by atoms with Crippen LogP contribution in [-0.2, 0) is 17.2 Å². The third kappa shape index (κ3) is 4.28. The Balaban J connectivity index is 3.17. The van der Waals surface area contributed by atoms with Crippen molar-refractivity contribution in [1.82, 2.24) is 4.72 Å². The standard InChI is InChI=1S/C12H15F4NOS/c1-8-4-5-10(9(6-8)12(14,15)16)19(18)17-11(2,3)7-13/h4-6,17H,7H2,1-3H3. The highest BCUT2D eigenvalue weighted by molar-refractivity contribution is 7.83. The van der Waals surface area contributed by atoms with Crippen LogP contribution < -0.4 is 4.72 Å². The topological polar surface area (TPSA) is 29.1 Å². The van der Waals surface area contributed by atoms with Crippen LogP contribution in [-0.4, -0.2) is 16.4 Å². The number of benzene rings is 1. The summed E-state index contributed by atoms with van der Waals surface area (Å²) in [5, 5.41) is 0. The molecule has 0 aromatic heterocycles. The van der Waals surface area contributed by atoms with E-state index >= 15 is 0 Å². The maximum atomic E-state index is 12.9. The zero-order valence-electron chi connectivity index (χ0n) is 10.8. The number of rotatable bonds is 4. The summed E-state index contributed by atoms with van der Waals surface area (Å²) in [6.45, 7) is 3.52. The zero-order valence-corrected chi connectivity index (χ0v) is 11.6. The Morgan fingerprint density at radius 3 is 2.32 bits per heavy atom. The van der Waals surface area contributed by atoms with Crippen molar-refractivity contribution in [2.45, 2.75) is 37.4 Å². The molecule has 0 bridgehead atoms. The van der Waals surface area contributed by atoms with Gasteiger partial charge in [-0.15, -0.1) is 0 Å². The molecule has 0 amide bonds. The molecule has 0 spiro atoms. The van der Waals surface area contributed by atoms with Gasteiger partial charge in [-0.1, -0.05) is 11.6 Å². The van der Waals surface area contributed by atoms with Gasteiger partial charge < -0.3 is 0 Å². The average molecular weight is 297 g/mol. The van der Waals surface area contributed by atoms with Crippen molar-refractivity contribution in [3.8, 4) is 0 Å². The second-order valence-electron chi connectivity index (χ2n) is 4.89. The van der Waals surface area contributed by atoms with Gasteiger partial charge in [-0.05, 0) is 32.9 Å². The second-order valence-corrected chi connectivity index (χ2v) is 6.07. The molecule has 7 heteroatoms. The molecule has 0 radical (unpaired) electrons. The Kier molecular flexibility index (Phi) is 4.73. The largest absolute Gasteiger partial charge is 0.417 e. The van der Waals surface area contributed by atoms with Gasteiger partial charge in [0.15, 0.2) is 0 Å². The van der Waals surface area contributed by atoms with Crippen molar-refractivity contribution in [2.75, 3.05) is 6.67 Å². The summed E-state index contributed by atoms with van der Waals surface area (Å²) < 4.78 is 65.5. The Morgan fingerprint density at radius 2 is 1.84 bits per heavy atom. The molecule has 1 atom stereocenters. The van der Waals surface area contributed by atoms with E-state index in [-0.39, 0.29) is 4.90 Å². The molecule has 0 saturated carbocycles. The first-order valence-electron chi connectivity index (χ1n) is 5.50. The lowest BCUT2D eigenvalue weighted by Crippen LogP contribution is -2.42. The number of aryl methyl sites for hydroxylation is 1. The lowest BCUT2D eigenvalue weighted by atomic mass is 10.1. The van der Waals surface area contributed by atoms with Crippen LogP contribution in [0, 0.1) is 6.92 Å². The molecule has 1 aromatic rings. The number of alkyl halides is 4. The molecular weight excluding hydrogens is 282 g/mol. The number of nitrogens with one attached hydrogen (secondary N) is 1. The molecule has 0 fully saturated rings. The smallest absolute Gasteiger partial charge is 0.249 e. The first-order chi connectivity index (χ1) is 8.57. The van der Waals surface area contributed by atoms with Gasteiger partial charge in [0.1, 0.15) is 17.7 Å². The molecule has 1 unspecified atom stereocenters. The quantitative estimate of drug-likeness (QED) is 0.848. The van der Waals surface area contributed by atoms with Gasteiger partial charge >= 0.3 is 6.18 Å². The van der Waals surface area contributed by atoms with E-state index in [1.165, 1.54) is 26.8 Å². The number of hydrogen-bond acceptors (Lipinski definition) is 1. The summed E-state index contributed by atoms with van der Waals surface area (Å²) in [7, 11) is -2.13. The molecule has 108 valence electrons. The van der Waals surface area contributed by atoms with E-state index in [9.17, 15) is 21.8 Å². The molecule has 0 aliphatic rings. The van der Waals surface area contributed by atoms with E-state index in [0.717, 1.165) is 12.1 Å². The van der Waals surface area contributed by atoms with Gasteiger partial charge in [0, 0.05) is 0 Å². The Hall–Kier alpha value is -0.950. The maximum Gasteiger partial charge on any atom is 0.417 e. The van der Waals surface area contributed by atoms with E-state index in [2.05, 4.69) is 4.72 Å². The van der Waals surface area contributed by atoms with Crippen molar-refractivity contribution < 1.29 is 21.8 Å². The number of hydrogen-bond donors (Lipinski definition) is 1. The summed E-state index contributed by atoms with van der Waals surface area (Å²) in [4.78, 5) is -0.389. The van der Waals surface area contributed by atoms with Crippen molar-refractivity contribution in [3.63, 3.8) is 0 Å². The molecule has 1 aromatic carbocycles. The predicted octanol–water partition coefficient (Wildman–Crippen LogP) is 3.37. The first kappa shape index (κ1) is 16.1. The van der Waals surface area contributed by atoms with Gasteiger partial charge in [-0.3, -0.25) is 0 Å². The van der Waals surface area contributed by atoms with Crippen molar-refractivity contribution in [2.24, 2.45) is 0 Å². The molecular formula is C12H15F4NOS. The predicted molar refractivity (Wildman–Crippen MR) is 65.8 cm³/mol. The first-order valence-corrected chi connectivity index (χ1v) is 6.65. The van der Waals surface area contributed by atoms with E-state index in [4.69, 9.17) is 0 Å². The maximum absolute atomic E-state index is 12.9. The fourth-order valence-corrected chi connectivity index (χ4v) is 2.59. The van der Waals surface area contributed by atoms with Crippen LogP contribution in [0.25, 0.3) is 0 Å². The van der Waals surface area contributed by atoms with Gasteiger partial charge in [0.05, 0.1) is 16.0 Å². The van der Waals surface area contributed by atoms with E-state index in [0.29, 0.717) is 5.56 Å². The van der Waals surface area contributed by atoms with Crippen LogP contribution in [0.5, 0.6) is 0 Å². The minimum Gasteiger partial charge on any atom is -0.249 e. The molecule has 2 nitrogen and oxygen atoms in total. The number of halogens is 4. The summed E-state index contributed by atoms with van der Waals surface area (Å²) in [6, 6.07) is 3.51. The van der Waals surface area contributed by atoms with Crippen molar-refractivity contribution >= 4 is 11.0 Å². The minimum absolute atomic E-state index is 0.389. The summed E-state index contributed by atoms with van der Waals surface area (Å²) >= 11 is 0. The third-order valence-corrected chi connectivity index (χ3v) is 3.84. The van der Waals surface area contributed by atoms with Crippen LogP contribution in [0.2, 0.25) is 0 Å². The Bertz CT molecular complexity index is 485. The highest BCUT2D eigenvalue weighted by Gasteiger charge is 2.36. The van der Waals surface area contributed by atoms with E-state index < -0.39 is 34.9 Å². The summed E-state index contributed by atoms with van der Waals surface area (Å²) in [5.74, 6) is 0. The molecule has 0 saturated heterocycles. The van der Waals surface area contributed by atoms with Gasteiger partial charge in [-0.25, -0.2) is 13.3 Å². The van der Waals surface area contributed by atoms with Gasteiger partial charge in [-0.2, -0.15) is 13.2 Å². The molecule has 1 N–H and O–H groups in total. The van der Waals surface area contributed by atoms with Crippen molar-refractivity contribution in [3.05, 3.63) is 29.3 Å². The van der Waals surface area contributed by atoms with Crippen LogP contribution >= 0.6 is 0 Å². The Labute approximate surface area is 111 Å². The molecule has 0 aliphatic carbocycles. The van der Waals surface area contributed by atoms with Crippen LogP contribution in [0.4, 0.5) is 17.6 Å². The molecule has 19 heavy (non-hydrogen) atoms. The van der Waals surface area contributed by atoms with Crippen molar-refractivity contribution in [1.29, 1.82) is 0 Å². The fourth-order valence-electron chi connectivity index (χ4n) is 1.36. The molecule has 0 aliphatic heterocycles. The van der Waals surface area contributed by atoms with E-state index in [1.807, 2.05) is 0 Å². The normalized spacial score (nSPS) is 14.5. The second kappa shape index (κ2) is 5.58. The summed E-state index contributed by atoms with van der Waals surface area (Å²) in [5.41, 5.74) is -1.70. The average Bonchev–Trinajstić information content (AvgIpc) is 2.27.